The summed E-state index contributed by atoms with van der Waals surface area (Å²) in [4.78, 5) is 0. The van der Waals surface area contributed by atoms with Gasteiger partial charge in [-0.25, -0.2) is 0 Å². The highest BCUT2D eigenvalue weighted by Crippen LogP contribution is 2.30. The van der Waals surface area contributed by atoms with Crippen LogP contribution in [0.3, 0.4) is 0 Å². The number of rotatable bonds is 10. The summed E-state index contributed by atoms with van der Waals surface area (Å²) in [7, 11) is 0. The molecule has 2 N–H and O–H groups in total. The summed E-state index contributed by atoms with van der Waals surface area (Å²) >= 11 is 5.44. The number of ether oxygens (including phenoxy) is 3. The highest BCUT2D eigenvalue weighted by molar-refractivity contribution is 7.80. The van der Waals surface area contributed by atoms with Gasteiger partial charge in [0.05, 0.1) is 19.3 Å². The number of thiocarbonyl (C=S) groups is 1. The molecule has 1 atom stereocenters. The van der Waals surface area contributed by atoms with Gasteiger partial charge < -0.3 is 24.8 Å². The molecule has 0 aliphatic carbocycles. The van der Waals surface area contributed by atoms with Gasteiger partial charge in [-0.15, -0.1) is 0 Å². The minimum Gasteiger partial charge on any atom is -0.490 e. The van der Waals surface area contributed by atoms with E-state index in [1.807, 2.05) is 63.2 Å². The zero-order chi connectivity index (χ0) is 20.4. The molecular weight excluding hydrogens is 372 g/mol. The van der Waals surface area contributed by atoms with Crippen molar-refractivity contribution in [1.82, 2.24) is 5.32 Å². The van der Waals surface area contributed by atoms with Crippen LogP contribution in [-0.2, 0) is 0 Å². The van der Waals surface area contributed by atoms with Crippen LogP contribution in [0.5, 0.6) is 17.2 Å². The maximum absolute atomic E-state index is 5.70. The fourth-order valence-electron chi connectivity index (χ4n) is 2.57. The Morgan fingerprint density at radius 2 is 1.71 bits per heavy atom. The van der Waals surface area contributed by atoms with E-state index in [-0.39, 0.29) is 6.04 Å². The molecule has 0 aromatic heterocycles. The van der Waals surface area contributed by atoms with Gasteiger partial charge in [-0.3, -0.25) is 0 Å². The third-order valence-electron chi connectivity index (χ3n) is 3.90. The number of nitrogens with one attached hydrogen (secondary N) is 2. The first-order valence-corrected chi connectivity index (χ1v) is 9.79. The number of benzene rings is 2. The van der Waals surface area contributed by atoms with Crippen LogP contribution in [0.15, 0.2) is 55.1 Å². The van der Waals surface area contributed by atoms with Gasteiger partial charge in [-0.2, -0.15) is 0 Å². The molecule has 0 saturated carbocycles. The van der Waals surface area contributed by atoms with Crippen molar-refractivity contribution >= 4 is 23.0 Å². The van der Waals surface area contributed by atoms with Gasteiger partial charge in [0.25, 0.3) is 0 Å². The lowest BCUT2D eigenvalue weighted by atomic mass is 10.1. The average Bonchev–Trinajstić information content (AvgIpc) is 2.69. The quantitative estimate of drug-likeness (QED) is 0.428. The van der Waals surface area contributed by atoms with E-state index in [1.165, 1.54) is 0 Å². The Labute approximate surface area is 172 Å². The normalized spacial score (nSPS) is 11.2. The van der Waals surface area contributed by atoms with Crippen LogP contribution >= 0.6 is 12.2 Å². The van der Waals surface area contributed by atoms with Gasteiger partial charge in [-0.1, -0.05) is 18.7 Å². The minimum atomic E-state index is 0.00470. The maximum Gasteiger partial charge on any atom is 0.171 e. The highest BCUT2D eigenvalue weighted by Gasteiger charge is 2.12. The van der Waals surface area contributed by atoms with Crippen molar-refractivity contribution in [1.29, 1.82) is 0 Å². The second-order valence-electron chi connectivity index (χ2n) is 6.02. The van der Waals surface area contributed by atoms with Crippen molar-refractivity contribution in [2.45, 2.75) is 26.8 Å². The van der Waals surface area contributed by atoms with Crippen molar-refractivity contribution in [3.05, 3.63) is 60.7 Å². The SMILES string of the molecule is C=CCOc1ccc(NC(=S)NC(C)c2ccc(OCC)c(OCC)c2)cc1. The zero-order valence-corrected chi connectivity index (χ0v) is 17.5. The first-order chi connectivity index (χ1) is 13.6. The first kappa shape index (κ1) is 21.6. The van der Waals surface area contributed by atoms with Crippen LogP contribution in [0.4, 0.5) is 5.69 Å². The third kappa shape index (κ3) is 6.46. The molecule has 6 heteroatoms. The van der Waals surface area contributed by atoms with E-state index in [0.29, 0.717) is 24.9 Å². The molecule has 0 heterocycles. The summed E-state index contributed by atoms with van der Waals surface area (Å²) in [6.45, 7) is 11.3. The first-order valence-electron chi connectivity index (χ1n) is 9.38. The van der Waals surface area contributed by atoms with Crippen LogP contribution in [0, 0.1) is 0 Å². The lowest BCUT2D eigenvalue weighted by Gasteiger charge is -2.19. The van der Waals surface area contributed by atoms with E-state index in [0.717, 1.165) is 28.5 Å². The van der Waals surface area contributed by atoms with E-state index >= 15 is 0 Å². The molecule has 0 amide bonds. The Morgan fingerprint density at radius 3 is 2.36 bits per heavy atom. The van der Waals surface area contributed by atoms with Crippen LogP contribution in [0.2, 0.25) is 0 Å². The predicted octanol–water partition coefficient (Wildman–Crippen LogP) is 5.10. The molecular formula is C22H28N2O3S. The number of hydrogen-bond acceptors (Lipinski definition) is 4. The second kappa shape index (κ2) is 11.2. The summed E-state index contributed by atoms with van der Waals surface area (Å²) in [5.74, 6) is 2.28. The van der Waals surface area contributed by atoms with Gasteiger partial charge >= 0.3 is 0 Å². The lowest BCUT2D eigenvalue weighted by molar-refractivity contribution is 0.287. The molecule has 5 nitrogen and oxygen atoms in total. The minimum absolute atomic E-state index is 0.00470. The van der Waals surface area contributed by atoms with Crippen LogP contribution < -0.4 is 24.8 Å². The van der Waals surface area contributed by atoms with Gasteiger partial charge in [-0.05, 0) is 75.0 Å². The second-order valence-corrected chi connectivity index (χ2v) is 6.42. The van der Waals surface area contributed by atoms with Gasteiger partial charge in [0.2, 0.25) is 0 Å². The fourth-order valence-corrected chi connectivity index (χ4v) is 2.87. The molecule has 0 bridgehead atoms. The smallest absolute Gasteiger partial charge is 0.171 e. The Kier molecular flexibility index (Phi) is 8.62. The standard InChI is InChI=1S/C22H28N2O3S/c1-5-14-27-19-11-9-18(10-12-19)24-22(28)23-16(4)17-8-13-20(25-6-2)21(15-17)26-7-3/h5,8-13,15-16H,1,6-7,14H2,2-4H3,(H2,23,24,28). The van der Waals surface area contributed by atoms with Crippen molar-refractivity contribution in [2.75, 3.05) is 25.1 Å². The van der Waals surface area contributed by atoms with Gasteiger partial charge in [0.1, 0.15) is 12.4 Å². The molecule has 0 radical (unpaired) electrons. The monoisotopic (exact) mass is 400 g/mol. The topological polar surface area (TPSA) is 51.8 Å². The Balaban J connectivity index is 1.97. The summed E-state index contributed by atoms with van der Waals surface area (Å²) in [5.41, 5.74) is 1.95. The molecule has 0 aliphatic heterocycles. The maximum atomic E-state index is 5.70. The number of hydrogen-bond donors (Lipinski definition) is 2. The zero-order valence-electron chi connectivity index (χ0n) is 16.7. The van der Waals surface area contributed by atoms with Gasteiger partial charge in [0, 0.05) is 5.69 Å². The lowest BCUT2D eigenvalue weighted by Crippen LogP contribution is -2.30. The Hall–Kier alpha value is -2.73. The molecule has 150 valence electrons. The van der Waals surface area contributed by atoms with E-state index in [9.17, 15) is 0 Å². The summed E-state index contributed by atoms with van der Waals surface area (Å²) in [6, 6.07) is 13.5. The van der Waals surface area contributed by atoms with Gasteiger partial charge in [0.15, 0.2) is 16.6 Å². The fraction of sp³-hybridized carbons (Fsp3) is 0.318. The summed E-state index contributed by atoms with van der Waals surface area (Å²) in [5, 5.41) is 7.02. The predicted molar refractivity (Wildman–Crippen MR) is 119 cm³/mol. The largest absolute Gasteiger partial charge is 0.490 e. The molecule has 0 saturated heterocycles. The van der Waals surface area contributed by atoms with E-state index in [1.54, 1.807) is 6.08 Å². The van der Waals surface area contributed by atoms with E-state index < -0.39 is 0 Å². The van der Waals surface area contributed by atoms with Crippen LogP contribution in [0.1, 0.15) is 32.4 Å². The van der Waals surface area contributed by atoms with Crippen molar-refractivity contribution in [2.24, 2.45) is 0 Å². The molecule has 0 spiro atoms. The Morgan fingerprint density at radius 1 is 1.04 bits per heavy atom. The van der Waals surface area contributed by atoms with Crippen molar-refractivity contribution < 1.29 is 14.2 Å². The van der Waals surface area contributed by atoms with Crippen molar-refractivity contribution in [3.63, 3.8) is 0 Å². The van der Waals surface area contributed by atoms with E-state index in [2.05, 4.69) is 17.2 Å². The number of anilines is 1. The molecule has 0 aliphatic rings. The van der Waals surface area contributed by atoms with Crippen LogP contribution in [0.25, 0.3) is 0 Å². The molecule has 1 unspecified atom stereocenters. The molecule has 2 rings (SSSR count). The summed E-state index contributed by atoms with van der Waals surface area (Å²) in [6.07, 6.45) is 1.71. The Bertz CT molecular complexity index is 778. The van der Waals surface area contributed by atoms with Crippen molar-refractivity contribution in [3.8, 4) is 17.2 Å². The molecule has 2 aromatic carbocycles. The highest BCUT2D eigenvalue weighted by atomic mass is 32.1. The van der Waals surface area contributed by atoms with E-state index in [4.69, 9.17) is 26.4 Å². The molecule has 28 heavy (non-hydrogen) atoms. The van der Waals surface area contributed by atoms with Crippen LogP contribution in [-0.4, -0.2) is 24.9 Å². The molecule has 0 fully saturated rings. The summed E-state index contributed by atoms with van der Waals surface area (Å²) < 4.78 is 16.8. The molecule has 2 aromatic rings. The average molecular weight is 401 g/mol. The third-order valence-corrected chi connectivity index (χ3v) is 4.11.